The van der Waals surface area contributed by atoms with Crippen LogP contribution in [-0.2, 0) is 28.4 Å². The lowest BCUT2D eigenvalue weighted by atomic mass is 9.97. The van der Waals surface area contributed by atoms with Crippen LogP contribution in [0, 0.1) is 0 Å². The number of rotatable bonds is 13. The average Bonchev–Trinajstić information content (AvgIpc) is 2.72. The number of hydrogen-bond acceptors (Lipinski definition) is 7. The summed E-state index contributed by atoms with van der Waals surface area (Å²) in [5.74, 6) is -0.754. The largest absolute Gasteiger partial charge is 0.470 e. The van der Waals surface area contributed by atoms with Crippen molar-refractivity contribution in [2.75, 3.05) is 20.3 Å². The average molecular weight is 431 g/mol. The molecule has 0 aromatic heterocycles. The molecule has 7 heteroatoms. The summed E-state index contributed by atoms with van der Waals surface area (Å²) < 4.78 is 35.0. The topological polar surface area (TPSA) is 75.6 Å². The Morgan fingerprint density at radius 2 is 1.93 bits per heavy atom. The van der Waals surface area contributed by atoms with E-state index in [9.17, 15) is 5.11 Å². The monoisotopic (exact) mass is 430 g/mol. The third-order valence-electron chi connectivity index (χ3n) is 5.69. The maximum absolute atomic E-state index is 10.8. The maximum atomic E-state index is 10.8. The van der Waals surface area contributed by atoms with Crippen molar-refractivity contribution in [1.82, 2.24) is 0 Å². The first-order valence-corrected chi connectivity index (χ1v) is 11.5. The maximum Gasteiger partial charge on any atom is 0.228 e. The molecule has 1 unspecified atom stereocenters. The van der Waals surface area contributed by atoms with Gasteiger partial charge in [0.05, 0.1) is 19.0 Å². The number of aliphatic hydroxyl groups excluding tert-OH is 1. The number of ether oxygens (including phenoxy) is 6. The summed E-state index contributed by atoms with van der Waals surface area (Å²) in [4.78, 5) is 0. The first-order valence-electron chi connectivity index (χ1n) is 11.5. The summed E-state index contributed by atoms with van der Waals surface area (Å²) in [6, 6.07) is 0. The molecule has 30 heavy (non-hydrogen) atoms. The van der Waals surface area contributed by atoms with Crippen LogP contribution in [0.25, 0.3) is 0 Å². The molecule has 0 bridgehead atoms. The van der Waals surface area contributed by atoms with Crippen molar-refractivity contribution in [3.63, 3.8) is 0 Å². The quantitative estimate of drug-likeness (QED) is 0.350. The van der Waals surface area contributed by atoms with E-state index in [1.54, 1.807) is 13.2 Å². The zero-order valence-corrected chi connectivity index (χ0v) is 19.4. The van der Waals surface area contributed by atoms with Crippen LogP contribution in [0.15, 0.2) is 12.3 Å². The normalized spacial score (nSPS) is 32.1. The number of allylic oxidation sites excluding steroid dienone is 1. The van der Waals surface area contributed by atoms with E-state index in [0.717, 1.165) is 19.3 Å². The van der Waals surface area contributed by atoms with Gasteiger partial charge in [-0.2, -0.15) is 0 Å². The van der Waals surface area contributed by atoms with Crippen molar-refractivity contribution < 1.29 is 33.5 Å². The zero-order valence-electron chi connectivity index (χ0n) is 19.4. The second kappa shape index (κ2) is 13.0. The molecule has 0 aliphatic carbocycles. The van der Waals surface area contributed by atoms with Crippen molar-refractivity contribution in [1.29, 1.82) is 0 Å². The lowest BCUT2D eigenvalue weighted by Crippen LogP contribution is -2.65. The minimum absolute atomic E-state index is 0.154. The van der Waals surface area contributed by atoms with Crippen molar-refractivity contribution >= 4 is 0 Å². The van der Waals surface area contributed by atoms with Gasteiger partial charge in [0.1, 0.15) is 24.4 Å². The molecule has 0 amide bonds. The van der Waals surface area contributed by atoms with Gasteiger partial charge in [-0.3, -0.25) is 0 Å². The van der Waals surface area contributed by atoms with Crippen LogP contribution >= 0.6 is 0 Å². The van der Waals surface area contributed by atoms with Crippen LogP contribution in [0.2, 0.25) is 0 Å². The highest BCUT2D eigenvalue weighted by Gasteiger charge is 2.52. The van der Waals surface area contributed by atoms with Gasteiger partial charge >= 0.3 is 0 Å². The molecule has 0 radical (unpaired) electrons. The summed E-state index contributed by atoms with van der Waals surface area (Å²) >= 11 is 0. The number of unbranched alkanes of at least 4 members (excludes halogenated alkanes) is 4. The summed E-state index contributed by atoms with van der Waals surface area (Å²) in [5.41, 5.74) is 0. The molecule has 2 saturated heterocycles. The Morgan fingerprint density at radius 1 is 1.17 bits per heavy atom. The van der Waals surface area contributed by atoms with Crippen molar-refractivity contribution in [2.24, 2.45) is 0 Å². The van der Waals surface area contributed by atoms with E-state index in [0.29, 0.717) is 13.2 Å². The van der Waals surface area contributed by atoms with Crippen LogP contribution in [0.1, 0.15) is 72.6 Å². The van der Waals surface area contributed by atoms with Gasteiger partial charge in [0.15, 0.2) is 5.79 Å². The summed E-state index contributed by atoms with van der Waals surface area (Å²) in [5, 5.41) is 10.8. The summed E-state index contributed by atoms with van der Waals surface area (Å²) in [6.45, 7) is 8.61. The van der Waals surface area contributed by atoms with Crippen LogP contribution in [0.5, 0.6) is 0 Å². The van der Waals surface area contributed by atoms with Crippen molar-refractivity contribution in [3.8, 4) is 0 Å². The molecule has 1 N–H and O–H groups in total. The van der Waals surface area contributed by atoms with Gasteiger partial charge in [-0.15, -0.1) is 0 Å². The van der Waals surface area contributed by atoms with E-state index >= 15 is 0 Å². The Hall–Kier alpha value is -0.700. The van der Waals surface area contributed by atoms with E-state index in [1.165, 1.54) is 31.9 Å². The highest BCUT2D eigenvalue weighted by Crippen LogP contribution is 2.34. The van der Waals surface area contributed by atoms with E-state index in [4.69, 9.17) is 28.4 Å². The molecule has 0 aromatic carbocycles. The number of hydrogen-bond donors (Lipinski definition) is 1. The fourth-order valence-corrected chi connectivity index (χ4v) is 3.97. The Balaban J connectivity index is 1.90. The summed E-state index contributed by atoms with van der Waals surface area (Å²) in [6.07, 6.45) is 8.30. The van der Waals surface area contributed by atoms with E-state index in [1.807, 2.05) is 20.8 Å². The number of aliphatic hydroxyl groups is 1. The molecule has 7 nitrogen and oxygen atoms in total. The predicted octanol–water partition coefficient (Wildman–Crippen LogP) is 3.92. The lowest BCUT2D eigenvalue weighted by Gasteiger charge is -2.49. The molecule has 2 fully saturated rings. The molecular weight excluding hydrogens is 388 g/mol. The van der Waals surface area contributed by atoms with Crippen LogP contribution in [0.3, 0.4) is 0 Å². The van der Waals surface area contributed by atoms with Gasteiger partial charge in [-0.05, 0) is 33.6 Å². The molecule has 2 aliphatic rings. The molecule has 0 aromatic rings. The van der Waals surface area contributed by atoms with Crippen molar-refractivity contribution in [2.45, 2.75) is 115 Å². The molecule has 2 rings (SSSR count). The number of fused-ring (bicyclic) bond motifs is 1. The molecule has 2 heterocycles. The van der Waals surface area contributed by atoms with Gasteiger partial charge in [-0.1, -0.05) is 45.1 Å². The van der Waals surface area contributed by atoms with Gasteiger partial charge in [0, 0.05) is 13.7 Å². The molecule has 176 valence electrons. The minimum atomic E-state index is -0.966. The molecular formula is C23H42O7. The van der Waals surface area contributed by atoms with Gasteiger partial charge in [-0.25, -0.2) is 0 Å². The highest BCUT2D eigenvalue weighted by atomic mass is 16.8. The second-order valence-electron chi connectivity index (χ2n) is 8.62. The Kier molecular flexibility index (Phi) is 11.1. The van der Waals surface area contributed by atoms with Crippen LogP contribution in [0.4, 0.5) is 0 Å². The van der Waals surface area contributed by atoms with Gasteiger partial charge < -0.3 is 33.5 Å². The second-order valence-corrected chi connectivity index (χ2v) is 8.62. The van der Waals surface area contributed by atoms with E-state index in [2.05, 4.69) is 6.92 Å². The number of methoxy groups -OCH3 is 1. The molecule has 2 aliphatic heterocycles. The third kappa shape index (κ3) is 7.77. The fraction of sp³-hybridized carbons (Fsp3) is 0.913. The Labute approximate surface area is 182 Å². The highest BCUT2D eigenvalue weighted by molar-refractivity contribution is 4.95. The Bertz CT molecular complexity index is 496. The van der Waals surface area contributed by atoms with Crippen LogP contribution in [-0.4, -0.2) is 68.0 Å². The SMILES string of the molecule is C/C=C/OC1O[C@@H]2COC(C)(C)O[C@H]2[C@H](OCC[C@@H](CCCCCCC)OC)[C@H]1O. The Morgan fingerprint density at radius 3 is 2.63 bits per heavy atom. The standard InChI is InChI=1S/C23H42O7/c1-6-8-9-10-11-12-17(25-5)13-15-26-21-19(24)22(27-14-7-2)29-18-16-28-23(3,4)30-20(18)21/h7,14,17-22,24H,6,8-13,15-16H2,1-5H3/b14-7+/t17-,18-,19-,20-,21-,22?/m1/s1. The predicted molar refractivity (Wildman–Crippen MR) is 114 cm³/mol. The van der Waals surface area contributed by atoms with Crippen molar-refractivity contribution in [3.05, 3.63) is 12.3 Å². The van der Waals surface area contributed by atoms with E-state index < -0.39 is 30.4 Å². The molecule has 6 atom stereocenters. The third-order valence-corrected chi connectivity index (χ3v) is 5.69. The minimum Gasteiger partial charge on any atom is -0.470 e. The molecule has 0 spiro atoms. The van der Waals surface area contributed by atoms with E-state index in [-0.39, 0.29) is 12.2 Å². The summed E-state index contributed by atoms with van der Waals surface area (Å²) in [7, 11) is 1.75. The van der Waals surface area contributed by atoms with Gasteiger partial charge in [0.2, 0.25) is 6.29 Å². The lowest BCUT2D eigenvalue weighted by molar-refractivity contribution is -0.381. The molecule has 0 saturated carbocycles. The smallest absolute Gasteiger partial charge is 0.228 e. The first kappa shape index (κ1) is 25.6. The fourth-order valence-electron chi connectivity index (χ4n) is 3.97. The first-order chi connectivity index (χ1) is 14.4. The zero-order chi connectivity index (χ0) is 22.0. The van der Waals surface area contributed by atoms with Gasteiger partial charge in [0.25, 0.3) is 0 Å². The van der Waals surface area contributed by atoms with Crippen LogP contribution < -0.4 is 0 Å².